The molecule has 0 unspecified atom stereocenters. The molecule has 31 heavy (non-hydrogen) atoms. The van der Waals surface area contributed by atoms with Crippen LogP contribution in [0.1, 0.15) is 67.2 Å². The average Bonchev–Trinajstić information content (AvgIpc) is 2.95. The first-order chi connectivity index (χ1) is 14.0. The Morgan fingerprint density at radius 3 is 2.55 bits per heavy atom. The first-order valence-corrected chi connectivity index (χ1v) is 10.3. The number of benzene rings is 2. The van der Waals surface area contributed by atoms with Gasteiger partial charge in [0.25, 0.3) is 0 Å². The predicted molar refractivity (Wildman–Crippen MR) is 125 cm³/mol. The number of nitrogens with zero attached hydrogens (tertiary/aromatic N) is 1. The third-order valence-corrected chi connectivity index (χ3v) is 5.54. The van der Waals surface area contributed by atoms with Crippen LogP contribution >= 0.6 is 12.4 Å². The lowest BCUT2D eigenvalue weighted by Gasteiger charge is -2.31. The summed E-state index contributed by atoms with van der Waals surface area (Å²) in [6, 6.07) is 7.11. The fourth-order valence-electron chi connectivity index (χ4n) is 4.45. The molecule has 166 valence electrons. The molecule has 0 saturated carbocycles. The van der Waals surface area contributed by atoms with E-state index in [1.54, 1.807) is 18.2 Å². The molecule has 4 rings (SSSR count). The monoisotopic (exact) mass is 444 g/mol. The molecular weight excluding hydrogens is 416 g/mol. The number of ether oxygens (including phenoxy) is 2. The van der Waals surface area contributed by atoms with E-state index in [9.17, 15) is 9.90 Å². The number of nitrogen functional groups attached to an aromatic ring is 1. The number of anilines is 1. The van der Waals surface area contributed by atoms with E-state index in [0.29, 0.717) is 6.61 Å². The maximum absolute atomic E-state index is 11.4. The van der Waals surface area contributed by atoms with Gasteiger partial charge in [0.15, 0.2) is 11.5 Å². The van der Waals surface area contributed by atoms with Crippen LogP contribution in [0, 0.1) is 0 Å². The predicted octanol–water partition coefficient (Wildman–Crippen LogP) is 4.67. The number of hydrogen-bond acceptors (Lipinski definition) is 5. The standard InChI is InChI=1S/C24H28N2O4.ClH/c1-6-29-18-10-14-11-23(2,3)26-20(13-7-8-15(22(27)28)17(25)9-13)19(14)16-12-24(4,5)30-21(16)18;/h7-10H,6,11-12,25H2,1-5H3,(H,27,28);1H. The van der Waals surface area contributed by atoms with Crippen LogP contribution in [-0.4, -0.2) is 34.5 Å². The molecule has 2 heterocycles. The highest BCUT2D eigenvalue weighted by molar-refractivity contribution is 6.17. The lowest BCUT2D eigenvalue weighted by molar-refractivity contribution is 0.0698. The van der Waals surface area contributed by atoms with Gasteiger partial charge in [0.05, 0.1) is 23.4 Å². The highest BCUT2D eigenvalue weighted by atomic mass is 35.5. The SMILES string of the molecule is CCOc1cc2c(c3c1OC(C)(C)C3)C(c1ccc(C(=O)O)c(N)c1)=NC(C)(C)C2.Cl. The number of aliphatic imine (C=N–C) groups is 1. The number of rotatable bonds is 4. The number of carboxylic acids is 1. The number of hydrogen-bond donors (Lipinski definition) is 2. The van der Waals surface area contributed by atoms with E-state index in [-0.39, 0.29) is 34.8 Å². The fourth-order valence-corrected chi connectivity index (χ4v) is 4.45. The molecule has 0 fully saturated rings. The smallest absolute Gasteiger partial charge is 0.337 e. The van der Waals surface area contributed by atoms with Crippen molar-refractivity contribution in [3.8, 4) is 11.5 Å². The molecule has 2 aromatic carbocycles. The van der Waals surface area contributed by atoms with Crippen LogP contribution in [0.2, 0.25) is 0 Å². The van der Waals surface area contributed by atoms with Crippen LogP contribution in [0.5, 0.6) is 11.5 Å². The summed E-state index contributed by atoms with van der Waals surface area (Å²) in [5, 5.41) is 9.33. The van der Waals surface area contributed by atoms with Gasteiger partial charge < -0.3 is 20.3 Å². The Hall–Kier alpha value is -2.73. The van der Waals surface area contributed by atoms with Gasteiger partial charge in [0.1, 0.15) is 5.60 Å². The third-order valence-electron chi connectivity index (χ3n) is 5.54. The van der Waals surface area contributed by atoms with E-state index >= 15 is 0 Å². The number of fused-ring (bicyclic) bond motifs is 3. The molecule has 6 nitrogen and oxygen atoms in total. The van der Waals surface area contributed by atoms with Crippen LogP contribution in [0.15, 0.2) is 29.3 Å². The largest absolute Gasteiger partial charge is 0.490 e. The lowest BCUT2D eigenvalue weighted by Crippen LogP contribution is -2.30. The van der Waals surface area contributed by atoms with Crippen LogP contribution in [0.3, 0.4) is 0 Å². The van der Waals surface area contributed by atoms with Crippen LogP contribution in [0.4, 0.5) is 5.69 Å². The van der Waals surface area contributed by atoms with Gasteiger partial charge in [-0.3, -0.25) is 4.99 Å². The molecule has 0 aromatic heterocycles. The van der Waals surface area contributed by atoms with E-state index in [4.69, 9.17) is 20.2 Å². The third kappa shape index (κ3) is 4.09. The number of halogens is 1. The van der Waals surface area contributed by atoms with Crippen molar-refractivity contribution in [1.82, 2.24) is 0 Å². The second-order valence-electron chi connectivity index (χ2n) is 9.24. The van der Waals surface area contributed by atoms with Gasteiger partial charge >= 0.3 is 5.97 Å². The lowest BCUT2D eigenvalue weighted by atomic mass is 9.80. The van der Waals surface area contributed by atoms with Gasteiger partial charge in [-0.1, -0.05) is 6.07 Å². The molecule has 0 amide bonds. The highest BCUT2D eigenvalue weighted by Gasteiger charge is 2.39. The molecule has 2 aromatic rings. The normalized spacial score (nSPS) is 17.5. The Kier molecular flexibility index (Phi) is 5.74. The van der Waals surface area contributed by atoms with Crippen LogP contribution in [0.25, 0.3) is 0 Å². The molecule has 0 radical (unpaired) electrons. The first-order valence-electron chi connectivity index (χ1n) is 10.3. The molecule has 3 N–H and O–H groups in total. The number of nitrogens with two attached hydrogens (primary N) is 1. The van der Waals surface area contributed by atoms with Gasteiger partial charge in [-0.25, -0.2) is 4.79 Å². The average molecular weight is 445 g/mol. The second kappa shape index (κ2) is 7.75. The summed E-state index contributed by atoms with van der Waals surface area (Å²) in [5.74, 6) is 0.514. The van der Waals surface area contributed by atoms with Crippen LogP contribution < -0.4 is 15.2 Å². The molecule has 0 spiro atoms. The second-order valence-corrected chi connectivity index (χ2v) is 9.24. The number of carboxylic acid groups (broad SMARTS) is 1. The summed E-state index contributed by atoms with van der Waals surface area (Å²) in [6.45, 7) is 10.9. The minimum Gasteiger partial charge on any atom is -0.490 e. The summed E-state index contributed by atoms with van der Waals surface area (Å²) in [4.78, 5) is 16.5. The Balaban J connectivity index is 0.00000272. The Morgan fingerprint density at radius 2 is 1.94 bits per heavy atom. The van der Waals surface area contributed by atoms with Gasteiger partial charge in [0.2, 0.25) is 0 Å². The number of aromatic carboxylic acids is 1. The summed E-state index contributed by atoms with van der Waals surface area (Å²) in [6.07, 6.45) is 1.52. The zero-order valence-electron chi connectivity index (χ0n) is 18.5. The zero-order valence-corrected chi connectivity index (χ0v) is 19.4. The van der Waals surface area contributed by atoms with Crippen molar-refractivity contribution in [2.24, 2.45) is 4.99 Å². The van der Waals surface area contributed by atoms with Crippen molar-refractivity contribution in [2.45, 2.75) is 58.6 Å². The van der Waals surface area contributed by atoms with Gasteiger partial charge in [-0.05, 0) is 64.8 Å². The highest BCUT2D eigenvalue weighted by Crippen LogP contribution is 2.48. The molecule has 0 saturated heterocycles. The van der Waals surface area contributed by atoms with Crippen molar-refractivity contribution in [1.29, 1.82) is 0 Å². The van der Waals surface area contributed by atoms with E-state index in [1.807, 2.05) is 6.92 Å². The topological polar surface area (TPSA) is 94.1 Å². The maximum atomic E-state index is 11.4. The van der Waals surface area contributed by atoms with Crippen molar-refractivity contribution in [3.05, 3.63) is 52.1 Å². The minimum absolute atomic E-state index is 0. The summed E-state index contributed by atoms with van der Waals surface area (Å²) < 4.78 is 12.2. The van der Waals surface area contributed by atoms with Crippen molar-refractivity contribution in [3.63, 3.8) is 0 Å². The van der Waals surface area contributed by atoms with Gasteiger partial charge in [-0.2, -0.15) is 0 Å². The van der Waals surface area contributed by atoms with E-state index in [1.165, 1.54) is 0 Å². The van der Waals surface area contributed by atoms with Crippen LogP contribution in [-0.2, 0) is 12.8 Å². The molecule has 0 bridgehead atoms. The summed E-state index contributed by atoms with van der Waals surface area (Å²) in [7, 11) is 0. The maximum Gasteiger partial charge on any atom is 0.337 e. The fraction of sp³-hybridized carbons (Fsp3) is 0.417. The molecule has 7 heteroatoms. The molecule has 0 aliphatic carbocycles. The van der Waals surface area contributed by atoms with E-state index in [0.717, 1.165) is 52.3 Å². The summed E-state index contributed by atoms with van der Waals surface area (Å²) in [5.41, 5.74) is 10.7. The Labute approximate surface area is 188 Å². The molecule has 2 aliphatic heterocycles. The van der Waals surface area contributed by atoms with Crippen molar-refractivity contribution in [2.75, 3.05) is 12.3 Å². The van der Waals surface area contributed by atoms with Gasteiger partial charge in [-0.15, -0.1) is 12.4 Å². The number of carbonyl (C=O) groups is 1. The zero-order chi connectivity index (χ0) is 21.8. The quantitative estimate of drug-likeness (QED) is 0.668. The molecular formula is C24H29ClN2O4. The first kappa shape index (κ1) is 22.9. The summed E-state index contributed by atoms with van der Waals surface area (Å²) >= 11 is 0. The Bertz CT molecular complexity index is 1090. The van der Waals surface area contributed by atoms with E-state index < -0.39 is 5.97 Å². The van der Waals surface area contributed by atoms with Crippen molar-refractivity contribution >= 4 is 29.8 Å². The molecule has 0 atom stereocenters. The van der Waals surface area contributed by atoms with E-state index in [2.05, 4.69) is 33.8 Å². The van der Waals surface area contributed by atoms with Crippen molar-refractivity contribution < 1.29 is 19.4 Å². The Morgan fingerprint density at radius 1 is 1.23 bits per heavy atom. The van der Waals surface area contributed by atoms with Gasteiger partial charge in [0, 0.05) is 28.8 Å². The minimum atomic E-state index is -1.04. The molecule has 2 aliphatic rings.